The van der Waals surface area contributed by atoms with Gasteiger partial charge in [0.05, 0.1) is 24.6 Å². The van der Waals surface area contributed by atoms with Crippen LogP contribution in [-0.4, -0.2) is 73.8 Å². The number of nitrogens with two attached hydrogens (primary N) is 1. The van der Waals surface area contributed by atoms with Gasteiger partial charge in [0, 0.05) is 19.3 Å². The number of carbonyl (C=O) groups is 5. The Bertz CT molecular complexity index is 694. The second-order valence-corrected chi connectivity index (χ2v) is 8.57. The molecule has 0 saturated carbocycles. The van der Waals surface area contributed by atoms with Crippen LogP contribution in [-0.2, 0) is 33.1 Å². The topological polar surface area (TPSA) is 239 Å². The van der Waals surface area contributed by atoms with Gasteiger partial charge in [0.1, 0.15) is 11.8 Å². The van der Waals surface area contributed by atoms with Crippen LogP contribution < -0.4 is 5.73 Å². The van der Waals surface area contributed by atoms with Gasteiger partial charge in [-0.2, -0.15) is 0 Å². The van der Waals surface area contributed by atoms with Gasteiger partial charge in [0.15, 0.2) is 0 Å². The highest BCUT2D eigenvalue weighted by Crippen LogP contribution is 2.45. The Kier molecular flexibility index (Phi) is 12.0. The predicted molar refractivity (Wildman–Crippen MR) is 98.9 cm³/mol. The van der Waals surface area contributed by atoms with E-state index in [0.717, 1.165) is 0 Å². The minimum atomic E-state index is -4.45. The van der Waals surface area contributed by atoms with E-state index in [2.05, 4.69) is 0 Å². The number of rotatable bonds is 17. The van der Waals surface area contributed by atoms with Gasteiger partial charge < -0.3 is 35.6 Å². The zero-order valence-corrected chi connectivity index (χ0v) is 16.9. The van der Waals surface area contributed by atoms with Crippen molar-refractivity contribution in [3.05, 3.63) is 0 Å². The van der Waals surface area contributed by atoms with E-state index in [1.54, 1.807) is 0 Å². The van der Waals surface area contributed by atoms with Crippen molar-refractivity contribution in [3.8, 4) is 0 Å². The first-order valence-electron chi connectivity index (χ1n) is 8.89. The lowest BCUT2D eigenvalue weighted by Crippen LogP contribution is -2.31. The zero-order valence-electron chi connectivity index (χ0n) is 16.0. The van der Waals surface area contributed by atoms with Crippen molar-refractivity contribution in [3.63, 3.8) is 0 Å². The third-order valence-corrected chi connectivity index (χ3v) is 5.63. The second kappa shape index (κ2) is 13.1. The first kappa shape index (κ1) is 27.7. The highest BCUT2D eigenvalue weighted by Gasteiger charge is 2.31. The van der Waals surface area contributed by atoms with Crippen molar-refractivity contribution in [2.75, 3.05) is 12.8 Å². The Balaban J connectivity index is 4.65. The summed E-state index contributed by atoms with van der Waals surface area (Å²) in [6, 6.07) is -1.26. The lowest BCUT2D eigenvalue weighted by molar-refractivity contribution is -0.144. The van der Waals surface area contributed by atoms with Crippen LogP contribution >= 0.6 is 7.60 Å². The van der Waals surface area contributed by atoms with Crippen molar-refractivity contribution in [1.29, 1.82) is 0 Å². The van der Waals surface area contributed by atoms with Gasteiger partial charge in [-0.1, -0.05) is 0 Å². The summed E-state index contributed by atoms with van der Waals surface area (Å²) in [6.45, 7) is -0.558. The fraction of sp³-hybridized carbons (Fsp3) is 0.688. The summed E-state index contributed by atoms with van der Waals surface area (Å²) in [5.41, 5.74) is 5.26. The van der Waals surface area contributed by atoms with Crippen molar-refractivity contribution in [2.24, 2.45) is 17.6 Å². The van der Waals surface area contributed by atoms with Crippen molar-refractivity contribution >= 4 is 37.3 Å². The molecular weight excluding hydrogens is 429 g/mol. The first-order chi connectivity index (χ1) is 13.7. The van der Waals surface area contributed by atoms with Gasteiger partial charge in [0.2, 0.25) is 0 Å². The number of hydrogen-bond donors (Lipinski definition) is 6. The minimum Gasteiger partial charge on any atom is -0.481 e. The third kappa shape index (κ3) is 12.3. The quantitative estimate of drug-likeness (QED) is 0.158. The lowest BCUT2D eigenvalue weighted by atomic mass is 9.96. The molecule has 4 atom stereocenters. The zero-order chi connectivity index (χ0) is 23.5. The molecule has 0 radical (unpaired) electrons. The number of carbonyl (C=O) groups excluding carboxylic acids is 1. The summed E-state index contributed by atoms with van der Waals surface area (Å²) in [6.07, 6.45) is -2.97. The van der Waals surface area contributed by atoms with Crippen LogP contribution in [0.2, 0.25) is 0 Å². The van der Waals surface area contributed by atoms with Gasteiger partial charge >= 0.3 is 31.5 Å². The maximum Gasteiger partial charge on any atom is 0.328 e. The molecule has 14 heteroatoms. The number of aliphatic carboxylic acids is 4. The molecule has 13 nitrogen and oxygen atoms in total. The molecule has 0 aliphatic heterocycles. The van der Waals surface area contributed by atoms with E-state index in [1.807, 2.05) is 0 Å². The molecule has 0 aromatic heterocycles. The standard InChI is InChI=1S/C16H26NO12P/c17-12(16(25)26)3-2-11(18)7-9(14(21)22)5-6-29-30(27,28)8-10(15(23)24)1-4-13(19)20/h9-10,12H,1-8,17H2,(H,19,20)(H,21,22)(H,23,24)(H,25,26)(H,27,28)/t9?,10?,12-/m0/s1. The number of carboxylic acids is 4. The Morgan fingerprint density at radius 1 is 0.833 bits per heavy atom. The van der Waals surface area contributed by atoms with Crippen LogP contribution in [0.1, 0.15) is 38.5 Å². The van der Waals surface area contributed by atoms with E-state index in [-0.39, 0.29) is 25.7 Å². The number of carboxylic acid groups (broad SMARTS) is 4. The van der Waals surface area contributed by atoms with Crippen molar-refractivity contribution in [2.45, 2.75) is 44.6 Å². The molecule has 0 aromatic carbocycles. The van der Waals surface area contributed by atoms with Crippen LogP contribution in [0.5, 0.6) is 0 Å². The summed E-state index contributed by atoms with van der Waals surface area (Å²) in [7, 11) is -4.45. The predicted octanol–water partition coefficient (Wildman–Crippen LogP) is -0.00380. The fourth-order valence-corrected chi connectivity index (χ4v) is 3.78. The number of hydrogen-bond acceptors (Lipinski definition) is 8. The summed E-state index contributed by atoms with van der Waals surface area (Å²) in [4.78, 5) is 65.1. The molecule has 172 valence electrons. The maximum atomic E-state index is 12.0. The molecule has 0 saturated heterocycles. The van der Waals surface area contributed by atoms with Crippen LogP contribution in [0.4, 0.5) is 0 Å². The fourth-order valence-electron chi connectivity index (χ4n) is 2.39. The van der Waals surface area contributed by atoms with E-state index in [4.69, 9.17) is 30.7 Å². The smallest absolute Gasteiger partial charge is 0.328 e. The van der Waals surface area contributed by atoms with Gasteiger partial charge in [-0.05, 0) is 19.3 Å². The Labute approximate surface area is 171 Å². The normalized spacial score (nSPS) is 16.1. The molecule has 7 N–H and O–H groups in total. The van der Waals surface area contributed by atoms with Crippen molar-refractivity contribution in [1.82, 2.24) is 0 Å². The largest absolute Gasteiger partial charge is 0.481 e. The third-order valence-electron chi connectivity index (χ3n) is 4.14. The first-order valence-corrected chi connectivity index (χ1v) is 10.6. The molecule has 0 aliphatic rings. The summed E-state index contributed by atoms with van der Waals surface area (Å²) >= 11 is 0. The molecule has 0 fully saturated rings. The molecule has 0 rings (SSSR count). The van der Waals surface area contributed by atoms with E-state index in [0.29, 0.717) is 0 Å². The second-order valence-electron chi connectivity index (χ2n) is 6.67. The minimum absolute atomic E-state index is 0.171. The summed E-state index contributed by atoms with van der Waals surface area (Å²) in [5.74, 6) is -8.66. The average Bonchev–Trinajstić information content (AvgIpc) is 2.61. The SMILES string of the molecule is N[C@@H](CCC(=O)CC(CCOP(=O)(O)CC(CCC(=O)O)C(=O)O)C(=O)O)C(=O)O. The molecule has 0 bridgehead atoms. The lowest BCUT2D eigenvalue weighted by Gasteiger charge is -2.18. The Morgan fingerprint density at radius 3 is 1.87 bits per heavy atom. The highest BCUT2D eigenvalue weighted by atomic mass is 31.2. The molecule has 3 unspecified atom stereocenters. The number of ketones is 1. The Hall–Kier alpha value is -2.34. The molecule has 0 aliphatic carbocycles. The van der Waals surface area contributed by atoms with E-state index < -0.39 is 80.7 Å². The molecule has 30 heavy (non-hydrogen) atoms. The van der Waals surface area contributed by atoms with Crippen LogP contribution in [0.25, 0.3) is 0 Å². The van der Waals surface area contributed by atoms with E-state index in [9.17, 15) is 33.4 Å². The van der Waals surface area contributed by atoms with Crippen LogP contribution in [0.3, 0.4) is 0 Å². The van der Waals surface area contributed by atoms with E-state index >= 15 is 0 Å². The van der Waals surface area contributed by atoms with E-state index in [1.165, 1.54) is 0 Å². The summed E-state index contributed by atoms with van der Waals surface area (Å²) in [5, 5.41) is 35.4. The molecule has 0 amide bonds. The molecular formula is C16H26NO12P. The monoisotopic (exact) mass is 455 g/mol. The maximum absolute atomic E-state index is 12.0. The molecule has 0 aromatic rings. The van der Waals surface area contributed by atoms with Crippen LogP contribution in [0.15, 0.2) is 0 Å². The van der Waals surface area contributed by atoms with Crippen molar-refractivity contribution < 1.29 is 58.4 Å². The Morgan fingerprint density at radius 2 is 1.40 bits per heavy atom. The molecule has 0 heterocycles. The summed E-state index contributed by atoms with van der Waals surface area (Å²) < 4.78 is 16.8. The van der Waals surface area contributed by atoms with Gasteiger partial charge in [-0.25, -0.2) is 0 Å². The van der Waals surface area contributed by atoms with Gasteiger partial charge in [-0.15, -0.1) is 0 Å². The molecule has 0 spiro atoms. The average molecular weight is 455 g/mol. The van der Waals surface area contributed by atoms with Gasteiger partial charge in [0.25, 0.3) is 0 Å². The highest BCUT2D eigenvalue weighted by molar-refractivity contribution is 7.52. The number of Topliss-reactive ketones (excluding diaryl/α,β-unsaturated/α-hetero) is 1. The van der Waals surface area contributed by atoms with Gasteiger partial charge in [-0.3, -0.25) is 28.5 Å². The van der Waals surface area contributed by atoms with Crippen LogP contribution in [0, 0.1) is 11.8 Å².